The van der Waals surface area contributed by atoms with Crippen molar-refractivity contribution in [3.63, 3.8) is 0 Å². The first-order chi connectivity index (χ1) is 13.5. The van der Waals surface area contributed by atoms with Crippen molar-refractivity contribution >= 4 is 28.5 Å². The number of fused-ring (bicyclic) bond motifs is 1. The summed E-state index contributed by atoms with van der Waals surface area (Å²) in [5.41, 5.74) is 2.34. The number of ether oxygens (including phenoxy) is 2. The molecule has 1 heterocycles. The highest BCUT2D eigenvalue weighted by molar-refractivity contribution is 5.90. The van der Waals surface area contributed by atoms with Crippen LogP contribution in [0.3, 0.4) is 0 Å². The van der Waals surface area contributed by atoms with Crippen molar-refractivity contribution in [1.82, 2.24) is 15.3 Å². The van der Waals surface area contributed by atoms with Gasteiger partial charge < -0.3 is 25.1 Å². The van der Waals surface area contributed by atoms with Crippen molar-refractivity contribution in [2.45, 2.75) is 13.3 Å². The maximum atomic E-state index is 12.1. The lowest BCUT2D eigenvalue weighted by Crippen LogP contribution is -2.30. The van der Waals surface area contributed by atoms with Gasteiger partial charge in [0.2, 0.25) is 5.91 Å². The van der Waals surface area contributed by atoms with Crippen LogP contribution in [-0.4, -0.2) is 42.0 Å². The summed E-state index contributed by atoms with van der Waals surface area (Å²) in [6, 6.07) is 12.7. The minimum atomic E-state index is -0.271. The SMILES string of the molecule is COc1ccc(NC(C)=O)c(OCC(=O)NCCc2nc3ccccc3[nH]2)c1. The Hall–Kier alpha value is -3.55. The summed E-state index contributed by atoms with van der Waals surface area (Å²) in [7, 11) is 1.53. The molecule has 2 aromatic carbocycles. The van der Waals surface area contributed by atoms with Gasteiger partial charge in [0.15, 0.2) is 6.61 Å². The highest BCUT2D eigenvalue weighted by atomic mass is 16.5. The van der Waals surface area contributed by atoms with Gasteiger partial charge in [0.05, 0.1) is 23.8 Å². The van der Waals surface area contributed by atoms with Gasteiger partial charge in [-0.2, -0.15) is 0 Å². The van der Waals surface area contributed by atoms with E-state index in [-0.39, 0.29) is 18.4 Å². The monoisotopic (exact) mass is 382 g/mol. The zero-order valence-electron chi connectivity index (χ0n) is 15.7. The molecule has 0 aliphatic rings. The molecule has 2 amide bonds. The summed E-state index contributed by atoms with van der Waals surface area (Å²) in [5.74, 6) is 1.23. The molecule has 0 atom stereocenters. The molecule has 3 N–H and O–H groups in total. The summed E-state index contributed by atoms with van der Waals surface area (Å²) in [4.78, 5) is 31.1. The topological polar surface area (TPSA) is 105 Å². The molecule has 0 fully saturated rings. The van der Waals surface area contributed by atoms with Gasteiger partial charge in [-0.05, 0) is 24.3 Å². The molecular formula is C20H22N4O4. The van der Waals surface area contributed by atoms with Crippen LogP contribution < -0.4 is 20.1 Å². The quantitative estimate of drug-likeness (QED) is 0.554. The predicted molar refractivity (Wildman–Crippen MR) is 106 cm³/mol. The number of carbonyl (C=O) groups excluding carboxylic acids is 2. The normalized spacial score (nSPS) is 10.5. The molecule has 0 radical (unpaired) electrons. The fourth-order valence-electron chi connectivity index (χ4n) is 2.68. The Kier molecular flexibility index (Phi) is 6.11. The van der Waals surface area contributed by atoms with Gasteiger partial charge in [-0.25, -0.2) is 4.98 Å². The summed E-state index contributed by atoms with van der Waals surface area (Å²) in [6.45, 7) is 1.65. The zero-order valence-corrected chi connectivity index (χ0v) is 15.7. The van der Waals surface area contributed by atoms with Crippen LogP contribution in [0, 0.1) is 0 Å². The van der Waals surface area contributed by atoms with Crippen molar-refractivity contribution in [3.05, 3.63) is 48.3 Å². The number of nitrogens with zero attached hydrogens (tertiary/aromatic N) is 1. The third-order valence-electron chi connectivity index (χ3n) is 3.98. The Bertz CT molecular complexity index is 950. The second-order valence-electron chi connectivity index (χ2n) is 6.13. The summed E-state index contributed by atoms with van der Waals surface area (Å²) < 4.78 is 10.7. The van der Waals surface area contributed by atoms with Crippen molar-refractivity contribution in [1.29, 1.82) is 0 Å². The first-order valence-corrected chi connectivity index (χ1v) is 8.84. The maximum absolute atomic E-state index is 12.1. The lowest BCUT2D eigenvalue weighted by atomic mass is 10.2. The highest BCUT2D eigenvalue weighted by Gasteiger charge is 2.10. The Morgan fingerprint density at radius 1 is 1.18 bits per heavy atom. The number of methoxy groups -OCH3 is 1. The number of anilines is 1. The number of hydrogen-bond donors (Lipinski definition) is 3. The molecule has 8 heteroatoms. The number of aromatic nitrogens is 2. The number of carbonyl (C=O) groups is 2. The highest BCUT2D eigenvalue weighted by Crippen LogP contribution is 2.29. The summed E-state index contributed by atoms with van der Waals surface area (Å²) in [6.07, 6.45) is 0.580. The van der Waals surface area contributed by atoms with E-state index in [1.165, 1.54) is 14.0 Å². The maximum Gasteiger partial charge on any atom is 0.257 e. The van der Waals surface area contributed by atoms with Crippen LogP contribution >= 0.6 is 0 Å². The van der Waals surface area contributed by atoms with E-state index in [1.807, 2.05) is 24.3 Å². The molecule has 1 aromatic heterocycles. The van der Waals surface area contributed by atoms with E-state index < -0.39 is 0 Å². The number of aromatic amines is 1. The Labute approximate surface area is 162 Å². The molecular weight excluding hydrogens is 360 g/mol. The fourth-order valence-corrected chi connectivity index (χ4v) is 2.68. The van der Waals surface area contributed by atoms with Crippen LogP contribution in [0.25, 0.3) is 11.0 Å². The van der Waals surface area contributed by atoms with Crippen LogP contribution in [0.15, 0.2) is 42.5 Å². The minimum absolute atomic E-state index is 0.181. The van der Waals surface area contributed by atoms with Crippen LogP contribution in [0.2, 0.25) is 0 Å². The van der Waals surface area contributed by atoms with Crippen molar-refractivity contribution in [2.24, 2.45) is 0 Å². The van der Waals surface area contributed by atoms with E-state index in [4.69, 9.17) is 9.47 Å². The fraction of sp³-hybridized carbons (Fsp3) is 0.250. The van der Waals surface area contributed by atoms with Gasteiger partial charge in [0.1, 0.15) is 17.3 Å². The third kappa shape index (κ3) is 5.00. The molecule has 146 valence electrons. The number of para-hydroxylation sites is 2. The average Bonchev–Trinajstić information content (AvgIpc) is 3.09. The number of H-pyrrole nitrogens is 1. The number of hydrogen-bond acceptors (Lipinski definition) is 5. The molecule has 0 saturated carbocycles. The average molecular weight is 382 g/mol. The molecule has 0 aliphatic carbocycles. The molecule has 8 nitrogen and oxygen atoms in total. The van der Waals surface area contributed by atoms with E-state index in [0.29, 0.717) is 30.2 Å². The van der Waals surface area contributed by atoms with Gasteiger partial charge in [-0.1, -0.05) is 12.1 Å². The number of amides is 2. The number of rotatable bonds is 8. The van der Waals surface area contributed by atoms with Crippen LogP contribution in [0.1, 0.15) is 12.7 Å². The third-order valence-corrected chi connectivity index (χ3v) is 3.98. The second-order valence-corrected chi connectivity index (χ2v) is 6.13. The van der Waals surface area contributed by atoms with Crippen LogP contribution in [0.4, 0.5) is 5.69 Å². The number of benzene rings is 2. The minimum Gasteiger partial charge on any atom is -0.497 e. The smallest absolute Gasteiger partial charge is 0.257 e. The lowest BCUT2D eigenvalue weighted by Gasteiger charge is -2.13. The van der Waals surface area contributed by atoms with E-state index in [9.17, 15) is 9.59 Å². The van der Waals surface area contributed by atoms with Crippen LogP contribution in [-0.2, 0) is 16.0 Å². The van der Waals surface area contributed by atoms with Crippen LogP contribution in [0.5, 0.6) is 11.5 Å². The van der Waals surface area contributed by atoms with Crippen molar-refractivity contribution < 1.29 is 19.1 Å². The second kappa shape index (κ2) is 8.90. The Morgan fingerprint density at radius 3 is 2.75 bits per heavy atom. The van der Waals surface area contributed by atoms with E-state index >= 15 is 0 Å². The largest absolute Gasteiger partial charge is 0.497 e. The molecule has 0 spiro atoms. The molecule has 28 heavy (non-hydrogen) atoms. The summed E-state index contributed by atoms with van der Waals surface area (Å²) in [5, 5.41) is 5.45. The molecule has 0 saturated heterocycles. The molecule has 3 aromatic rings. The Morgan fingerprint density at radius 2 is 2.00 bits per heavy atom. The molecule has 0 unspecified atom stereocenters. The molecule has 3 rings (SSSR count). The van der Waals surface area contributed by atoms with Crippen molar-refractivity contribution in [2.75, 3.05) is 25.6 Å². The van der Waals surface area contributed by atoms with E-state index in [2.05, 4.69) is 20.6 Å². The lowest BCUT2D eigenvalue weighted by molar-refractivity contribution is -0.123. The predicted octanol–water partition coefficient (Wildman–Crippen LogP) is 2.27. The van der Waals surface area contributed by atoms with E-state index in [1.54, 1.807) is 18.2 Å². The van der Waals surface area contributed by atoms with Crippen molar-refractivity contribution in [3.8, 4) is 11.5 Å². The number of imidazole rings is 1. The first-order valence-electron chi connectivity index (χ1n) is 8.84. The van der Waals surface area contributed by atoms with Gasteiger partial charge in [0.25, 0.3) is 5.91 Å². The summed E-state index contributed by atoms with van der Waals surface area (Å²) >= 11 is 0. The van der Waals surface area contributed by atoms with Gasteiger partial charge in [0, 0.05) is 26.0 Å². The zero-order chi connectivity index (χ0) is 19.9. The van der Waals surface area contributed by atoms with E-state index in [0.717, 1.165) is 16.9 Å². The molecule has 0 bridgehead atoms. The standard InChI is InChI=1S/C20H22N4O4/c1-13(25)22-17-8-7-14(27-2)11-18(17)28-12-20(26)21-10-9-19-23-15-5-3-4-6-16(15)24-19/h3-8,11H,9-10,12H2,1-2H3,(H,21,26)(H,22,25)(H,23,24). The molecule has 0 aliphatic heterocycles. The van der Waals surface area contributed by atoms with Gasteiger partial charge in [-0.3, -0.25) is 9.59 Å². The van der Waals surface area contributed by atoms with Gasteiger partial charge >= 0.3 is 0 Å². The first kappa shape index (κ1) is 19.2. The van der Waals surface area contributed by atoms with Gasteiger partial charge in [-0.15, -0.1) is 0 Å². The Balaban J connectivity index is 1.51. The number of nitrogens with one attached hydrogen (secondary N) is 3.